The summed E-state index contributed by atoms with van der Waals surface area (Å²) in [6, 6.07) is 2.14. The SMILES string of the molecule is CC(C)(C#N)CC(C)(C)C(=O)OCCOC[C@H]1O[C@H](O[C@H]2O[C@H](CO)[C@@H](O)[C@H](O)[C@H]2O)[C@H](O)[C@@H](O)[C@@H]1O. The molecule has 0 radical (unpaired) electrons. The van der Waals surface area contributed by atoms with E-state index in [0.29, 0.717) is 0 Å². The maximum absolute atomic E-state index is 12.4. The second kappa shape index (κ2) is 13.0. The molecule has 0 spiro atoms. The molecule has 10 atom stereocenters. The second-order valence-corrected chi connectivity index (χ2v) is 10.6. The first-order valence-electron chi connectivity index (χ1n) is 12.0. The predicted molar refractivity (Wildman–Crippen MR) is 121 cm³/mol. The van der Waals surface area contributed by atoms with Gasteiger partial charge in [-0.25, -0.2) is 0 Å². The van der Waals surface area contributed by atoms with Crippen molar-refractivity contribution in [3.8, 4) is 6.07 Å². The highest BCUT2D eigenvalue weighted by Gasteiger charge is 2.49. The maximum Gasteiger partial charge on any atom is 0.311 e. The summed E-state index contributed by atoms with van der Waals surface area (Å²) >= 11 is 0. The van der Waals surface area contributed by atoms with Crippen LogP contribution in [0.4, 0.5) is 0 Å². The van der Waals surface area contributed by atoms with Crippen LogP contribution in [0, 0.1) is 22.2 Å². The van der Waals surface area contributed by atoms with Gasteiger partial charge in [0.2, 0.25) is 0 Å². The van der Waals surface area contributed by atoms with E-state index in [1.54, 1.807) is 27.7 Å². The molecule has 0 aliphatic carbocycles. The van der Waals surface area contributed by atoms with E-state index in [0.717, 1.165) is 0 Å². The summed E-state index contributed by atoms with van der Waals surface area (Å²) in [5.41, 5.74) is -1.62. The molecular formula is C23H39NO13. The van der Waals surface area contributed by atoms with E-state index in [4.69, 9.17) is 23.7 Å². The topological polar surface area (TPSA) is 229 Å². The second-order valence-electron chi connectivity index (χ2n) is 10.6. The standard InChI is InChI=1S/C23H39NO13/c1-22(2,10-24)9-23(3,4)21(32)34-6-5-33-8-12-14(27)16(29)18(31)20(36-12)37-19-17(30)15(28)13(26)11(7-25)35-19/h11-20,25-31H,5-9H2,1-4H3/t11-,12-,13-,14-,15+,16+,17-,18-,19-,20-/m1/s1. The summed E-state index contributed by atoms with van der Waals surface area (Å²) in [6.07, 6.45) is -15.7. The van der Waals surface area contributed by atoms with Crippen molar-refractivity contribution in [3.63, 3.8) is 0 Å². The smallest absolute Gasteiger partial charge is 0.311 e. The number of nitriles is 1. The molecular weight excluding hydrogens is 498 g/mol. The van der Waals surface area contributed by atoms with Gasteiger partial charge < -0.3 is 59.4 Å². The summed E-state index contributed by atoms with van der Waals surface area (Å²) in [5, 5.41) is 79.1. The van der Waals surface area contributed by atoms with Crippen molar-refractivity contribution < 1.29 is 64.2 Å². The molecule has 14 heteroatoms. The molecule has 0 aromatic rings. The normalized spacial score (nSPS) is 37.1. The van der Waals surface area contributed by atoms with Gasteiger partial charge in [0, 0.05) is 0 Å². The fourth-order valence-corrected chi connectivity index (χ4v) is 4.28. The summed E-state index contributed by atoms with van der Waals surface area (Å²) in [5.74, 6) is -0.514. The van der Waals surface area contributed by atoms with Crippen molar-refractivity contribution in [2.24, 2.45) is 10.8 Å². The monoisotopic (exact) mass is 537 g/mol. The molecule has 7 N–H and O–H groups in total. The van der Waals surface area contributed by atoms with Crippen LogP contribution in [0.25, 0.3) is 0 Å². The maximum atomic E-state index is 12.4. The van der Waals surface area contributed by atoms with Crippen LogP contribution < -0.4 is 0 Å². The van der Waals surface area contributed by atoms with Gasteiger partial charge in [-0.15, -0.1) is 0 Å². The lowest BCUT2D eigenvalue weighted by molar-refractivity contribution is -0.377. The summed E-state index contributed by atoms with van der Waals surface area (Å²) in [6.45, 7) is 5.56. The molecule has 14 nitrogen and oxygen atoms in total. The molecule has 0 aromatic carbocycles. The van der Waals surface area contributed by atoms with Crippen molar-refractivity contribution >= 4 is 5.97 Å². The Balaban J connectivity index is 1.87. The molecule has 2 aliphatic rings. The van der Waals surface area contributed by atoms with Gasteiger partial charge in [0.05, 0.1) is 36.7 Å². The molecule has 0 unspecified atom stereocenters. The first-order chi connectivity index (χ1) is 17.1. The van der Waals surface area contributed by atoms with Crippen molar-refractivity contribution in [2.75, 3.05) is 26.4 Å². The van der Waals surface area contributed by atoms with E-state index in [1.807, 2.05) is 0 Å². The van der Waals surface area contributed by atoms with Crippen molar-refractivity contribution in [3.05, 3.63) is 0 Å². The number of carbonyl (C=O) groups is 1. The summed E-state index contributed by atoms with van der Waals surface area (Å²) in [7, 11) is 0. The molecule has 2 saturated heterocycles. The van der Waals surface area contributed by atoms with Crippen LogP contribution in [0.3, 0.4) is 0 Å². The Morgan fingerprint density at radius 2 is 1.35 bits per heavy atom. The number of esters is 1. The van der Waals surface area contributed by atoms with Crippen molar-refractivity contribution in [1.82, 2.24) is 0 Å². The minimum absolute atomic E-state index is 0.0904. The Labute approximate surface area is 214 Å². The lowest BCUT2D eigenvalue weighted by Gasteiger charge is -2.44. The lowest BCUT2D eigenvalue weighted by atomic mass is 9.76. The van der Waals surface area contributed by atoms with E-state index in [9.17, 15) is 45.8 Å². The molecule has 0 bridgehead atoms. The van der Waals surface area contributed by atoms with E-state index in [2.05, 4.69) is 6.07 Å². The largest absolute Gasteiger partial charge is 0.463 e. The van der Waals surface area contributed by atoms with E-state index in [-0.39, 0.29) is 26.2 Å². The average molecular weight is 538 g/mol. The average Bonchev–Trinajstić information content (AvgIpc) is 2.84. The molecule has 0 aromatic heterocycles. The van der Waals surface area contributed by atoms with E-state index in [1.165, 1.54) is 0 Å². The number of aliphatic hydroxyl groups is 7. The van der Waals surface area contributed by atoms with Gasteiger partial charge in [0.1, 0.15) is 55.4 Å². The highest BCUT2D eigenvalue weighted by molar-refractivity contribution is 5.76. The van der Waals surface area contributed by atoms with Gasteiger partial charge in [0.15, 0.2) is 12.6 Å². The van der Waals surface area contributed by atoms with Gasteiger partial charge in [-0.05, 0) is 34.1 Å². The van der Waals surface area contributed by atoms with Crippen LogP contribution in [-0.4, -0.2) is 130 Å². The van der Waals surface area contributed by atoms with Crippen LogP contribution in [0.2, 0.25) is 0 Å². The first-order valence-corrected chi connectivity index (χ1v) is 12.0. The number of rotatable bonds is 11. The molecule has 2 aliphatic heterocycles. The van der Waals surface area contributed by atoms with Crippen molar-refractivity contribution in [2.45, 2.75) is 95.5 Å². The van der Waals surface area contributed by atoms with Crippen LogP contribution in [0.1, 0.15) is 34.1 Å². The zero-order chi connectivity index (χ0) is 28.1. The lowest BCUT2D eigenvalue weighted by Crippen LogP contribution is -2.63. The molecule has 37 heavy (non-hydrogen) atoms. The number of aliphatic hydroxyl groups excluding tert-OH is 7. The summed E-state index contributed by atoms with van der Waals surface area (Å²) in [4.78, 5) is 12.4. The fraction of sp³-hybridized carbons (Fsp3) is 0.913. The van der Waals surface area contributed by atoms with Gasteiger partial charge in [0.25, 0.3) is 0 Å². The Hall–Kier alpha value is -1.48. The third-order valence-corrected chi connectivity index (χ3v) is 6.27. The first kappa shape index (κ1) is 31.7. The Morgan fingerprint density at radius 3 is 1.86 bits per heavy atom. The van der Waals surface area contributed by atoms with E-state index >= 15 is 0 Å². The number of nitrogens with zero attached hydrogens (tertiary/aromatic N) is 1. The van der Waals surface area contributed by atoms with Crippen molar-refractivity contribution in [1.29, 1.82) is 5.26 Å². The van der Waals surface area contributed by atoms with Crippen LogP contribution >= 0.6 is 0 Å². The Bertz CT molecular complexity index is 785. The molecule has 2 heterocycles. The third-order valence-electron chi connectivity index (χ3n) is 6.27. The number of carbonyl (C=O) groups excluding carboxylic acids is 1. The van der Waals surface area contributed by atoms with Gasteiger partial charge in [-0.1, -0.05) is 0 Å². The fourth-order valence-electron chi connectivity index (χ4n) is 4.28. The van der Waals surface area contributed by atoms with Gasteiger partial charge >= 0.3 is 5.97 Å². The highest BCUT2D eigenvalue weighted by atomic mass is 16.8. The zero-order valence-electron chi connectivity index (χ0n) is 21.3. The number of ether oxygens (including phenoxy) is 5. The predicted octanol–water partition coefficient (Wildman–Crippen LogP) is -2.86. The molecule has 0 saturated carbocycles. The minimum Gasteiger partial charge on any atom is -0.463 e. The molecule has 0 amide bonds. The van der Waals surface area contributed by atoms with Crippen LogP contribution in [0.5, 0.6) is 0 Å². The zero-order valence-corrected chi connectivity index (χ0v) is 21.3. The third kappa shape index (κ3) is 8.01. The summed E-state index contributed by atoms with van der Waals surface area (Å²) < 4.78 is 26.7. The number of hydrogen-bond donors (Lipinski definition) is 7. The Morgan fingerprint density at radius 1 is 0.838 bits per heavy atom. The van der Waals surface area contributed by atoms with Gasteiger partial charge in [-0.2, -0.15) is 5.26 Å². The number of hydrogen-bond acceptors (Lipinski definition) is 14. The quantitative estimate of drug-likeness (QED) is 0.104. The molecule has 2 fully saturated rings. The molecule has 2 rings (SSSR count). The Kier molecular flexibility index (Phi) is 11.2. The van der Waals surface area contributed by atoms with Crippen LogP contribution in [-0.2, 0) is 28.5 Å². The highest BCUT2D eigenvalue weighted by Crippen LogP contribution is 2.34. The minimum atomic E-state index is -1.78. The van der Waals surface area contributed by atoms with E-state index < -0.39 is 84.8 Å². The van der Waals surface area contributed by atoms with Gasteiger partial charge in [-0.3, -0.25) is 4.79 Å². The molecule has 214 valence electrons. The van der Waals surface area contributed by atoms with Crippen LogP contribution in [0.15, 0.2) is 0 Å².